The van der Waals surface area contributed by atoms with Gasteiger partial charge in [0.25, 0.3) is 5.91 Å². The molecule has 3 aromatic rings. The van der Waals surface area contributed by atoms with Crippen molar-refractivity contribution in [3.8, 4) is 0 Å². The Balaban J connectivity index is 1.50. The third-order valence-corrected chi connectivity index (χ3v) is 4.32. The second-order valence-corrected chi connectivity index (χ2v) is 6.30. The lowest BCUT2D eigenvalue weighted by molar-refractivity contribution is -0.130. The van der Waals surface area contributed by atoms with Gasteiger partial charge < -0.3 is 10.2 Å². The highest BCUT2D eigenvalue weighted by Crippen LogP contribution is 2.15. The number of hydrogen-bond acceptors (Lipinski definition) is 2. The molecule has 0 saturated carbocycles. The molecular formula is C22H22N2O2. The third kappa shape index (κ3) is 4.48. The smallest absolute Gasteiger partial charge is 0.251 e. The van der Waals surface area contributed by atoms with Crippen LogP contribution in [0.15, 0.2) is 72.8 Å². The molecule has 132 valence electrons. The van der Waals surface area contributed by atoms with Crippen LogP contribution in [0, 0.1) is 0 Å². The lowest BCUT2D eigenvalue weighted by Crippen LogP contribution is -2.31. The summed E-state index contributed by atoms with van der Waals surface area (Å²) in [6.45, 7) is 0.891. The molecule has 26 heavy (non-hydrogen) atoms. The fourth-order valence-electron chi connectivity index (χ4n) is 2.85. The molecule has 3 rings (SSSR count). The van der Waals surface area contributed by atoms with Gasteiger partial charge in [-0.1, -0.05) is 60.7 Å². The van der Waals surface area contributed by atoms with E-state index in [1.54, 1.807) is 18.0 Å². The van der Waals surface area contributed by atoms with Gasteiger partial charge in [0.1, 0.15) is 0 Å². The second kappa shape index (κ2) is 8.30. The van der Waals surface area contributed by atoms with Crippen LogP contribution in [0.4, 0.5) is 0 Å². The van der Waals surface area contributed by atoms with Crippen LogP contribution in [0.5, 0.6) is 0 Å². The number of hydrogen-bond donors (Lipinski definition) is 1. The van der Waals surface area contributed by atoms with E-state index in [1.807, 2.05) is 66.7 Å². The van der Waals surface area contributed by atoms with Gasteiger partial charge in [-0.2, -0.15) is 0 Å². The molecule has 0 aliphatic rings. The topological polar surface area (TPSA) is 49.4 Å². The SMILES string of the molecule is CN(Cc1ccccc1)C(=O)CCNC(=O)c1ccc2ccccc2c1. The second-order valence-electron chi connectivity index (χ2n) is 6.30. The maximum Gasteiger partial charge on any atom is 0.251 e. The summed E-state index contributed by atoms with van der Waals surface area (Å²) in [6, 6.07) is 23.4. The molecule has 0 saturated heterocycles. The summed E-state index contributed by atoms with van der Waals surface area (Å²) in [5.41, 5.74) is 1.69. The summed E-state index contributed by atoms with van der Waals surface area (Å²) in [6.07, 6.45) is 0.280. The normalized spacial score (nSPS) is 10.5. The van der Waals surface area contributed by atoms with Crippen LogP contribution >= 0.6 is 0 Å². The summed E-state index contributed by atoms with van der Waals surface area (Å²) < 4.78 is 0. The number of fused-ring (bicyclic) bond motifs is 1. The Morgan fingerprint density at radius 1 is 0.885 bits per heavy atom. The molecule has 0 fully saturated rings. The van der Waals surface area contributed by atoms with E-state index in [0.29, 0.717) is 18.7 Å². The van der Waals surface area contributed by atoms with Crippen LogP contribution in [0.2, 0.25) is 0 Å². The Bertz CT molecular complexity index is 906. The Morgan fingerprint density at radius 3 is 2.35 bits per heavy atom. The first-order valence-corrected chi connectivity index (χ1v) is 8.68. The van der Waals surface area contributed by atoms with E-state index in [4.69, 9.17) is 0 Å². The highest BCUT2D eigenvalue weighted by molar-refractivity contribution is 5.98. The zero-order chi connectivity index (χ0) is 18.4. The Hall–Kier alpha value is -3.14. The van der Waals surface area contributed by atoms with E-state index in [-0.39, 0.29) is 18.2 Å². The number of benzene rings is 3. The number of carbonyl (C=O) groups is 2. The van der Waals surface area contributed by atoms with Crippen molar-refractivity contribution in [1.82, 2.24) is 10.2 Å². The molecule has 0 aliphatic heterocycles. The first kappa shape index (κ1) is 17.7. The van der Waals surface area contributed by atoms with Crippen molar-refractivity contribution in [3.63, 3.8) is 0 Å². The molecular weight excluding hydrogens is 324 g/mol. The highest BCUT2D eigenvalue weighted by Gasteiger charge is 2.11. The van der Waals surface area contributed by atoms with E-state index in [2.05, 4.69) is 5.32 Å². The number of nitrogens with zero attached hydrogens (tertiary/aromatic N) is 1. The maximum atomic E-state index is 12.3. The van der Waals surface area contributed by atoms with Gasteiger partial charge in [-0.15, -0.1) is 0 Å². The van der Waals surface area contributed by atoms with Crippen molar-refractivity contribution < 1.29 is 9.59 Å². The predicted molar refractivity (Wildman–Crippen MR) is 104 cm³/mol. The largest absolute Gasteiger partial charge is 0.352 e. The number of amides is 2. The first-order valence-electron chi connectivity index (χ1n) is 8.68. The van der Waals surface area contributed by atoms with Crippen molar-refractivity contribution in [2.45, 2.75) is 13.0 Å². The van der Waals surface area contributed by atoms with Crippen molar-refractivity contribution in [2.24, 2.45) is 0 Å². The highest BCUT2D eigenvalue weighted by atomic mass is 16.2. The van der Waals surface area contributed by atoms with Crippen LogP contribution < -0.4 is 5.32 Å². The van der Waals surface area contributed by atoms with Gasteiger partial charge in [0.15, 0.2) is 0 Å². The van der Waals surface area contributed by atoms with Crippen molar-refractivity contribution >= 4 is 22.6 Å². The molecule has 0 unspecified atom stereocenters. The zero-order valence-electron chi connectivity index (χ0n) is 14.8. The minimum Gasteiger partial charge on any atom is -0.352 e. The standard InChI is InChI=1S/C22H22N2O2/c1-24(16-17-7-3-2-4-8-17)21(25)13-14-23-22(26)20-12-11-18-9-5-6-10-19(18)15-20/h2-12,15H,13-14,16H2,1H3,(H,23,26). The molecule has 4 heteroatoms. The van der Waals surface area contributed by atoms with Gasteiger partial charge in [0.2, 0.25) is 5.91 Å². The Kier molecular flexibility index (Phi) is 5.64. The fourth-order valence-corrected chi connectivity index (χ4v) is 2.85. The number of nitrogens with one attached hydrogen (secondary N) is 1. The van der Waals surface area contributed by atoms with E-state index in [9.17, 15) is 9.59 Å². The van der Waals surface area contributed by atoms with Crippen molar-refractivity contribution in [2.75, 3.05) is 13.6 Å². The molecule has 3 aromatic carbocycles. The summed E-state index contributed by atoms with van der Waals surface area (Å²) in [4.78, 5) is 26.2. The molecule has 0 radical (unpaired) electrons. The first-order chi connectivity index (χ1) is 12.6. The minimum absolute atomic E-state index is 0.00710. The van der Waals surface area contributed by atoms with E-state index in [0.717, 1.165) is 16.3 Å². The molecule has 0 aromatic heterocycles. The average molecular weight is 346 g/mol. The minimum atomic E-state index is -0.158. The number of carbonyl (C=O) groups excluding carboxylic acids is 2. The molecule has 0 spiro atoms. The summed E-state index contributed by atoms with van der Waals surface area (Å²) in [7, 11) is 1.78. The van der Waals surface area contributed by atoms with Gasteiger partial charge in [0, 0.05) is 32.1 Å². The van der Waals surface area contributed by atoms with Crippen LogP contribution in [-0.2, 0) is 11.3 Å². The van der Waals surface area contributed by atoms with Crippen LogP contribution in [-0.4, -0.2) is 30.3 Å². The van der Waals surface area contributed by atoms with Crippen molar-refractivity contribution in [1.29, 1.82) is 0 Å². The Morgan fingerprint density at radius 2 is 1.58 bits per heavy atom. The Labute approximate surface area is 153 Å². The van der Waals surface area contributed by atoms with Gasteiger partial charge in [0.05, 0.1) is 0 Å². The van der Waals surface area contributed by atoms with E-state index < -0.39 is 0 Å². The van der Waals surface area contributed by atoms with Crippen LogP contribution in [0.1, 0.15) is 22.3 Å². The number of rotatable bonds is 6. The van der Waals surface area contributed by atoms with Gasteiger partial charge in [-0.3, -0.25) is 9.59 Å². The quantitative estimate of drug-likeness (QED) is 0.741. The third-order valence-electron chi connectivity index (χ3n) is 4.32. The lowest BCUT2D eigenvalue weighted by atomic mass is 10.1. The predicted octanol–water partition coefficient (Wildman–Crippen LogP) is 3.62. The lowest BCUT2D eigenvalue weighted by Gasteiger charge is -2.17. The van der Waals surface area contributed by atoms with E-state index >= 15 is 0 Å². The molecule has 0 atom stereocenters. The molecule has 0 bridgehead atoms. The maximum absolute atomic E-state index is 12.3. The molecule has 0 aliphatic carbocycles. The summed E-state index contributed by atoms with van der Waals surface area (Å²) in [5, 5.41) is 4.95. The zero-order valence-corrected chi connectivity index (χ0v) is 14.8. The van der Waals surface area contributed by atoms with Crippen LogP contribution in [0.25, 0.3) is 10.8 Å². The molecule has 2 amide bonds. The summed E-state index contributed by atoms with van der Waals surface area (Å²) in [5.74, 6) is -0.151. The average Bonchev–Trinajstić information content (AvgIpc) is 2.68. The molecule has 0 heterocycles. The molecule has 4 nitrogen and oxygen atoms in total. The molecule has 1 N–H and O–H groups in total. The van der Waals surface area contributed by atoms with Gasteiger partial charge in [-0.05, 0) is 28.5 Å². The monoisotopic (exact) mass is 346 g/mol. The van der Waals surface area contributed by atoms with Gasteiger partial charge >= 0.3 is 0 Å². The summed E-state index contributed by atoms with van der Waals surface area (Å²) >= 11 is 0. The van der Waals surface area contributed by atoms with E-state index in [1.165, 1.54) is 0 Å². The fraction of sp³-hybridized carbons (Fsp3) is 0.182. The van der Waals surface area contributed by atoms with Gasteiger partial charge in [-0.25, -0.2) is 0 Å². The van der Waals surface area contributed by atoms with Crippen LogP contribution in [0.3, 0.4) is 0 Å². The van der Waals surface area contributed by atoms with Crippen molar-refractivity contribution in [3.05, 3.63) is 83.9 Å².